The lowest BCUT2D eigenvalue weighted by Gasteiger charge is -2.21. The molecular weight excluding hydrogens is 1190 g/mol. The Bertz CT molecular complexity index is 1740. The van der Waals surface area contributed by atoms with Gasteiger partial charge in [0.25, 0.3) is 0 Å². The van der Waals surface area contributed by atoms with Gasteiger partial charge in [-0.1, -0.05) is 317 Å². The van der Waals surface area contributed by atoms with Crippen LogP contribution >= 0.6 is 15.6 Å². The van der Waals surface area contributed by atoms with Crippen molar-refractivity contribution in [3.63, 3.8) is 0 Å². The number of phosphoric ester groups is 2. The number of ether oxygens (including phenoxy) is 4. The van der Waals surface area contributed by atoms with Gasteiger partial charge in [-0.15, -0.1) is 0 Å². The molecule has 17 nitrogen and oxygen atoms in total. The van der Waals surface area contributed by atoms with Crippen LogP contribution in [0.25, 0.3) is 0 Å². The minimum atomic E-state index is -4.95. The van der Waals surface area contributed by atoms with Crippen LogP contribution in [0.3, 0.4) is 0 Å². The van der Waals surface area contributed by atoms with Crippen molar-refractivity contribution in [3.05, 3.63) is 0 Å². The molecule has 0 aliphatic carbocycles. The minimum absolute atomic E-state index is 0.102. The molecule has 0 aliphatic heterocycles. The van der Waals surface area contributed by atoms with Crippen LogP contribution in [-0.2, 0) is 65.4 Å². The summed E-state index contributed by atoms with van der Waals surface area (Å²) in [4.78, 5) is 72.4. The Balaban J connectivity index is 5.15. The van der Waals surface area contributed by atoms with Crippen molar-refractivity contribution in [3.8, 4) is 0 Å². The third kappa shape index (κ3) is 64.8. The van der Waals surface area contributed by atoms with Crippen molar-refractivity contribution < 1.29 is 80.2 Å². The lowest BCUT2D eigenvalue weighted by molar-refractivity contribution is -0.161. The van der Waals surface area contributed by atoms with Gasteiger partial charge in [0.15, 0.2) is 12.2 Å². The van der Waals surface area contributed by atoms with E-state index in [2.05, 4.69) is 34.6 Å². The van der Waals surface area contributed by atoms with Gasteiger partial charge in [-0.3, -0.25) is 37.3 Å². The number of rotatable bonds is 71. The van der Waals surface area contributed by atoms with Crippen LogP contribution in [-0.4, -0.2) is 96.7 Å². The molecule has 0 radical (unpaired) electrons. The number of esters is 4. The van der Waals surface area contributed by atoms with Gasteiger partial charge < -0.3 is 33.8 Å². The summed E-state index contributed by atoms with van der Waals surface area (Å²) in [5.74, 6) is -1.46. The van der Waals surface area contributed by atoms with Crippen molar-refractivity contribution in [2.45, 2.75) is 387 Å². The highest BCUT2D eigenvalue weighted by molar-refractivity contribution is 7.47. The topological polar surface area (TPSA) is 237 Å². The molecule has 90 heavy (non-hydrogen) atoms. The maximum atomic E-state index is 13.0. The molecule has 0 heterocycles. The van der Waals surface area contributed by atoms with E-state index in [9.17, 15) is 43.2 Å². The molecule has 3 N–H and O–H groups in total. The molecule has 0 saturated carbocycles. The molecule has 0 spiro atoms. The molecule has 0 aromatic rings. The fourth-order valence-corrected chi connectivity index (χ4v) is 12.4. The van der Waals surface area contributed by atoms with Crippen molar-refractivity contribution in [1.29, 1.82) is 0 Å². The first-order valence-electron chi connectivity index (χ1n) is 37.1. The summed E-state index contributed by atoms with van der Waals surface area (Å²) in [5, 5.41) is 10.6. The van der Waals surface area contributed by atoms with E-state index < -0.39 is 97.5 Å². The number of phosphoric acid groups is 2. The van der Waals surface area contributed by atoms with Crippen LogP contribution in [0.4, 0.5) is 0 Å². The van der Waals surface area contributed by atoms with E-state index in [-0.39, 0.29) is 25.7 Å². The molecule has 0 aromatic heterocycles. The zero-order valence-electron chi connectivity index (χ0n) is 58.3. The molecular formula is C71H138O17P2. The Hall–Kier alpha value is -1.94. The maximum Gasteiger partial charge on any atom is 0.472 e. The minimum Gasteiger partial charge on any atom is -0.462 e. The van der Waals surface area contributed by atoms with Gasteiger partial charge in [0.05, 0.1) is 26.4 Å². The van der Waals surface area contributed by atoms with Crippen LogP contribution in [0.2, 0.25) is 0 Å². The molecule has 0 fully saturated rings. The van der Waals surface area contributed by atoms with E-state index in [1.807, 2.05) is 0 Å². The zero-order chi connectivity index (χ0) is 66.3. The Labute approximate surface area is 549 Å². The first-order valence-corrected chi connectivity index (χ1v) is 40.1. The smallest absolute Gasteiger partial charge is 0.462 e. The van der Waals surface area contributed by atoms with E-state index >= 15 is 0 Å². The van der Waals surface area contributed by atoms with Gasteiger partial charge in [-0.25, -0.2) is 9.13 Å². The van der Waals surface area contributed by atoms with E-state index in [4.69, 9.17) is 37.0 Å². The van der Waals surface area contributed by atoms with Crippen LogP contribution in [0.5, 0.6) is 0 Å². The fourth-order valence-electron chi connectivity index (χ4n) is 10.8. The summed E-state index contributed by atoms with van der Waals surface area (Å²) in [5.41, 5.74) is 0. The van der Waals surface area contributed by atoms with E-state index in [0.717, 1.165) is 103 Å². The lowest BCUT2D eigenvalue weighted by Crippen LogP contribution is -2.30. The third-order valence-electron chi connectivity index (χ3n) is 16.5. The monoisotopic (exact) mass is 1320 g/mol. The standard InChI is InChI=1S/C71H138O17P2/c1-6-9-12-15-18-20-22-24-26-27-28-29-30-31-33-35-37-40-46-51-56-70(75)87-66(61-82-69(74)55-50-45-39-36-34-32-25-23-21-19-16-13-10-7-2)62-85-89(77,78)83-58-65(72)59-84-90(79,80)86-63-67(60-81-68(73)54-49-44-38-17-14-11-8-3)88-71(76)57-52-47-42-41-43-48-53-64(4)5/h64-67,72H,6-63H2,1-5H3,(H,77,78)(H,79,80)/t65-,66-,67-/m1/s1. The number of hydrogen-bond acceptors (Lipinski definition) is 15. The summed E-state index contributed by atoms with van der Waals surface area (Å²) in [6.45, 7) is 7.12. The average molecular weight is 1330 g/mol. The van der Waals surface area contributed by atoms with E-state index in [0.29, 0.717) is 31.6 Å². The third-order valence-corrected chi connectivity index (χ3v) is 18.4. The summed E-state index contributed by atoms with van der Waals surface area (Å²) < 4.78 is 68.1. The lowest BCUT2D eigenvalue weighted by atomic mass is 10.0. The Morgan fingerprint density at radius 2 is 0.511 bits per heavy atom. The summed E-state index contributed by atoms with van der Waals surface area (Å²) in [6.07, 6.45) is 51.8. The molecule has 5 atom stereocenters. The molecule has 0 bridgehead atoms. The molecule has 0 amide bonds. The second kappa shape index (κ2) is 64.4. The van der Waals surface area contributed by atoms with Crippen molar-refractivity contribution in [2.24, 2.45) is 5.92 Å². The Morgan fingerprint density at radius 1 is 0.300 bits per heavy atom. The number of carbonyl (C=O) groups is 4. The van der Waals surface area contributed by atoms with Crippen molar-refractivity contribution >= 4 is 39.5 Å². The largest absolute Gasteiger partial charge is 0.472 e. The van der Waals surface area contributed by atoms with Gasteiger partial charge in [0.2, 0.25) is 0 Å². The number of aliphatic hydroxyl groups excluding tert-OH is 1. The second-order valence-electron chi connectivity index (χ2n) is 26.1. The SMILES string of the molecule is CCCCCCCCCCCCCCCCCCCCCCC(=O)O[C@H](COC(=O)CCCCCCCCCCCCCCCC)COP(=O)(O)OC[C@@H](O)COP(=O)(O)OC[C@@H](COC(=O)CCCCCCCCC)OC(=O)CCCCCCCCC(C)C. The number of carbonyl (C=O) groups excluding carboxylic acids is 4. The molecule has 0 rings (SSSR count). The molecule has 0 aromatic carbocycles. The highest BCUT2D eigenvalue weighted by Gasteiger charge is 2.30. The van der Waals surface area contributed by atoms with Crippen molar-refractivity contribution in [2.75, 3.05) is 39.6 Å². The van der Waals surface area contributed by atoms with Crippen LogP contribution in [0, 0.1) is 5.92 Å². The number of aliphatic hydroxyl groups is 1. The summed E-state index contributed by atoms with van der Waals surface area (Å²) >= 11 is 0. The first-order chi connectivity index (χ1) is 43.5. The molecule has 0 aliphatic rings. The predicted molar refractivity (Wildman–Crippen MR) is 363 cm³/mol. The molecule has 534 valence electrons. The maximum absolute atomic E-state index is 13.0. The summed E-state index contributed by atoms with van der Waals surface area (Å²) in [6, 6.07) is 0. The van der Waals surface area contributed by atoms with Crippen LogP contribution in [0.1, 0.15) is 369 Å². The first kappa shape index (κ1) is 88.1. The highest BCUT2D eigenvalue weighted by atomic mass is 31.2. The number of hydrogen-bond donors (Lipinski definition) is 3. The van der Waals surface area contributed by atoms with Crippen LogP contribution < -0.4 is 0 Å². The van der Waals surface area contributed by atoms with Gasteiger partial charge in [-0.05, 0) is 31.6 Å². The van der Waals surface area contributed by atoms with Crippen LogP contribution in [0.15, 0.2) is 0 Å². The van der Waals surface area contributed by atoms with Gasteiger partial charge >= 0.3 is 39.5 Å². The highest BCUT2D eigenvalue weighted by Crippen LogP contribution is 2.45. The molecule has 2 unspecified atom stereocenters. The Morgan fingerprint density at radius 3 is 0.756 bits per heavy atom. The number of unbranched alkanes of at least 4 members (excludes halogenated alkanes) is 43. The second-order valence-corrected chi connectivity index (χ2v) is 29.0. The van der Waals surface area contributed by atoms with E-state index in [1.165, 1.54) is 180 Å². The zero-order valence-corrected chi connectivity index (χ0v) is 60.1. The molecule has 19 heteroatoms. The van der Waals surface area contributed by atoms with Gasteiger partial charge in [0, 0.05) is 25.7 Å². The van der Waals surface area contributed by atoms with E-state index in [1.54, 1.807) is 0 Å². The van der Waals surface area contributed by atoms with Gasteiger partial charge in [0.1, 0.15) is 19.3 Å². The van der Waals surface area contributed by atoms with Crippen molar-refractivity contribution in [1.82, 2.24) is 0 Å². The average Bonchev–Trinajstić information content (AvgIpc) is 3.73. The normalized spacial score (nSPS) is 14.1. The quantitative estimate of drug-likeness (QED) is 0.0222. The fraction of sp³-hybridized carbons (Fsp3) is 0.944. The molecule has 0 saturated heterocycles. The Kier molecular flexibility index (Phi) is 63.0. The van der Waals surface area contributed by atoms with Gasteiger partial charge in [-0.2, -0.15) is 0 Å². The predicted octanol–water partition coefficient (Wildman–Crippen LogP) is 20.5. The summed E-state index contributed by atoms with van der Waals surface area (Å²) in [7, 11) is -9.89.